The fourth-order valence-corrected chi connectivity index (χ4v) is 3.43. The van der Waals surface area contributed by atoms with E-state index in [2.05, 4.69) is 30.1 Å². The Labute approximate surface area is 226 Å². The molecular weight excluding hydrogens is 478 g/mol. The molecule has 0 bridgehead atoms. The number of esters is 1. The van der Waals surface area contributed by atoms with Crippen LogP contribution in [0.5, 0.6) is 0 Å². The molecule has 1 amide bonds. The summed E-state index contributed by atoms with van der Waals surface area (Å²) in [6, 6.07) is 16.5. The molecule has 202 valence electrons. The van der Waals surface area contributed by atoms with E-state index in [9.17, 15) is 19.2 Å². The number of ether oxygens (including phenoxy) is 1. The number of carbonyl (C=O) groups excluding carboxylic acids is 4. The summed E-state index contributed by atoms with van der Waals surface area (Å²) in [5, 5.41) is 2.75. The van der Waals surface area contributed by atoms with Gasteiger partial charge in [-0.1, -0.05) is 100 Å². The highest BCUT2D eigenvalue weighted by Crippen LogP contribution is 2.14. The summed E-state index contributed by atoms with van der Waals surface area (Å²) in [6.45, 7) is 11.3. The second-order valence-corrected chi connectivity index (χ2v) is 8.49. The number of anilines is 1. The summed E-state index contributed by atoms with van der Waals surface area (Å²) >= 11 is 0. The van der Waals surface area contributed by atoms with Gasteiger partial charge >= 0.3 is 5.97 Å². The molecule has 2 aromatic carbocycles. The highest BCUT2D eigenvalue weighted by molar-refractivity contribution is 6.12. The Kier molecular flexibility index (Phi) is 16.1. The molecular formula is C32H39NO5. The van der Waals surface area contributed by atoms with Gasteiger partial charge < -0.3 is 10.1 Å². The lowest BCUT2D eigenvalue weighted by molar-refractivity contribution is -0.142. The SMILES string of the molecule is C=C/C=C(\C=C)C(=O)CC(=O)Nc1ccc(CCCCCC)cc1.CCOC(=O)CC(=O)c1ccccc1. The number of aryl methyl sites for hydroxylation is 1. The van der Waals surface area contributed by atoms with E-state index in [1.807, 2.05) is 30.3 Å². The largest absolute Gasteiger partial charge is 0.466 e. The van der Waals surface area contributed by atoms with Gasteiger partial charge in [0, 0.05) is 16.8 Å². The number of benzene rings is 2. The van der Waals surface area contributed by atoms with Crippen LogP contribution in [0.1, 0.15) is 68.3 Å². The van der Waals surface area contributed by atoms with Crippen LogP contribution in [0.15, 0.2) is 91.6 Å². The molecule has 0 saturated heterocycles. The van der Waals surface area contributed by atoms with E-state index in [1.54, 1.807) is 37.3 Å². The van der Waals surface area contributed by atoms with Crippen molar-refractivity contribution in [2.75, 3.05) is 11.9 Å². The maximum absolute atomic E-state index is 12.0. The van der Waals surface area contributed by atoms with E-state index in [0.717, 1.165) is 6.42 Å². The second-order valence-electron chi connectivity index (χ2n) is 8.49. The lowest BCUT2D eigenvalue weighted by atomic mass is 10.1. The standard InChI is InChI=1S/C21H27NO2.C11H12O3/c1-4-7-8-9-11-17-12-14-19(15-13-17)22-21(24)16-20(23)18(6-3)10-5-2;1-2-14-11(13)8-10(12)9-6-4-3-5-7-9/h5-6,10,12-15H,2-4,7-9,11,16H2,1H3,(H,22,24);3-7H,2,8H2,1H3/b18-10+;. The highest BCUT2D eigenvalue weighted by Gasteiger charge is 2.12. The predicted molar refractivity (Wildman–Crippen MR) is 153 cm³/mol. The van der Waals surface area contributed by atoms with E-state index in [0.29, 0.717) is 23.4 Å². The highest BCUT2D eigenvalue weighted by atomic mass is 16.5. The number of Topliss-reactive ketones (excluding diaryl/α,β-unsaturated/α-hetero) is 2. The van der Waals surface area contributed by atoms with Gasteiger partial charge in [0.05, 0.1) is 13.0 Å². The number of nitrogens with one attached hydrogen (secondary N) is 1. The first-order valence-electron chi connectivity index (χ1n) is 13.0. The van der Waals surface area contributed by atoms with Gasteiger partial charge in [-0.3, -0.25) is 19.2 Å². The van der Waals surface area contributed by atoms with Crippen molar-refractivity contribution < 1.29 is 23.9 Å². The van der Waals surface area contributed by atoms with Crippen molar-refractivity contribution in [3.8, 4) is 0 Å². The lowest BCUT2D eigenvalue weighted by Gasteiger charge is -2.07. The van der Waals surface area contributed by atoms with Gasteiger partial charge in [-0.15, -0.1) is 0 Å². The van der Waals surface area contributed by atoms with Gasteiger partial charge in [0.2, 0.25) is 5.91 Å². The zero-order valence-corrected chi connectivity index (χ0v) is 22.5. The van der Waals surface area contributed by atoms with Crippen LogP contribution in [-0.2, 0) is 25.5 Å². The minimum Gasteiger partial charge on any atom is -0.466 e. The minimum atomic E-state index is -0.471. The number of ketones is 2. The van der Waals surface area contributed by atoms with Crippen LogP contribution >= 0.6 is 0 Å². The summed E-state index contributed by atoms with van der Waals surface area (Å²) in [6.07, 6.45) is 10.1. The summed E-state index contributed by atoms with van der Waals surface area (Å²) in [5.41, 5.74) is 2.91. The van der Waals surface area contributed by atoms with Crippen molar-refractivity contribution >= 4 is 29.1 Å². The quantitative estimate of drug-likeness (QED) is 0.0698. The maximum atomic E-state index is 12.0. The molecule has 6 heteroatoms. The zero-order chi connectivity index (χ0) is 28.2. The Morgan fingerprint density at radius 3 is 2.13 bits per heavy atom. The molecule has 0 aliphatic rings. The number of amides is 1. The van der Waals surface area contributed by atoms with Crippen molar-refractivity contribution in [2.24, 2.45) is 0 Å². The van der Waals surface area contributed by atoms with E-state index in [1.165, 1.54) is 43.4 Å². The molecule has 6 nitrogen and oxygen atoms in total. The minimum absolute atomic E-state index is 0.183. The van der Waals surface area contributed by atoms with Crippen molar-refractivity contribution in [3.63, 3.8) is 0 Å². The Bertz CT molecular complexity index is 1080. The number of rotatable bonds is 15. The Morgan fingerprint density at radius 1 is 0.868 bits per heavy atom. The van der Waals surface area contributed by atoms with Gasteiger partial charge in [0.25, 0.3) is 0 Å². The summed E-state index contributed by atoms with van der Waals surface area (Å²) in [4.78, 5) is 46.3. The molecule has 0 aliphatic heterocycles. The lowest BCUT2D eigenvalue weighted by Crippen LogP contribution is -2.17. The fraction of sp³-hybridized carbons (Fsp3) is 0.312. The van der Waals surface area contributed by atoms with E-state index in [4.69, 9.17) is 0 Å². The fourth-order valence-electron chi connectivity index (χ4n) is 3.43. The molecule has 0 radical (unpaired) electrons. The molecule has 2 aromatic rings. The van der Waals surface area contributed by atoms with Crippen LogP contribution < -0.4 is 5.32 Å². The summed E-state index contributed by atoms with van der Waals surface area (Å²) < 4.78 is 4.67. The molecule has 0 fully saturated rings. The molecule has 2 rings (SSSR count). The van der Waals surface area contributed by atoms with Crippen molar-refractivity contribution in [2.45, 2.75) is 58.8 Å². The molecule has 0 aliphatic carbocycles. The van der Waals surface area contributed by atoms with Crippen molar-refractivity contribution in [1.29, 1.82) is 0 Å². The van der Waals surface area contributed by atoms with Crippen molar-refractivity contribution in [1.82, 2.24) is 0 Å². The number of allylic oxidation sites excluding steroid dienone is 4. The number of hydrogen-bond donors (Lipinski definition) is 1. The van der Waals surface area contributed by atoms with E-state index in [-0.39, 0.29) is 30.3 Å². The third-order valence-corrected chi connectivity index (χ3v) is 5.42. The van der Waals surface area contributed by atoms with E-state index >= 15 is 0 Å². The van der Waals surface area contributed by atoms with Crippen LogP contribution in [0.4, 0.5) is 5.69 Å². The first kappa shape index (κ1) is 32.0. The third-order valence-electron chi connectivity index (χ3n) is 5.42. The molecule has 0 unspecified atom stereocenters. The predicted octanol–water partition coefficient (Wildman–Crippen LogP) is 6.83. The molecule has 0 atom stereocenters. The topological polar surface area (TPSA) is 89.5 Å². The van der Waals surface area contributed by atoms with Crippen LogP contribution in [0.2, 0.25) is 0 Å². The summed E-state index contributed by atoms with van der Waals surface area (Å²) in [5.74, 6) is -1.27. The Hall–Kier alpha value is -4.06. The monoisotopic (exact) mass is 517 g/mol. The molecule has 0 saturated carbocycles. The first-order valence-corrected chi connectivity index (χ1v) is 13.0. The van der Waals surface area contributed by atoms with Crippen LogP contribution in [-0.4, -0.2) is 30.0 Å². The number of carbonyl (C=O) groups is 4. The van der Waals surface area contributed by atoms with Gasteiger partial charge in [-0.2, -0.15) is 0 Å². The smallest absolute Gasteiger partial charge is 0.313 e. The average molecular weight is 518 g/mol. The first-order chi connectivity index (χ1) is 18.3. The van der Waals surface area contributed by atoms with Gasteiger partial charge in [0.1, 0.15) is 6.42 Å². The van der Waals surface area contributed by atoms with Gasteiger partial charge in [0.15, 0.2) is 11.6 Å². The summed E-state index contributed by atoms with van der Waals surface area (Å²) in [7, 11) is 0. The van der Waals surface area contributed by atoms with Gasteiger partial charge in [-0.25, -0.2) is 0 Å². The molecule has 1 N–H and O–H groups in total. The number of hydrogen-bond acceptors (Lipinski definition) is 5. The molecule has 0 aromatic heterocycles. The second kappa shape index (κ2) is 19.1. The third kappa shape index (κ3) is 13.3. The van der Waals surface area contributed by atoms with Crippen LogP contribution in [0, 0.1) is 0 Å². The van der Waals surface area contributed by atoms with Gasteiger partial charge in [-0.05, 0) is 37.5 Å². The maximum Gasteiger partial charge on any atom is 0.313 e. The zero-order valence-electron chi connectivity index (χ0n) is 22.5. The van der Waals surface area contributed by atoms with E-state index < -0.39 is 5.97 Å². The Morgan fingerprint density at radius 2 is 1.55 bits per heavy atom. The molecule has 0 heterocycles. The average Bonchev–Trinajstić information content (AvgIpc) is 2.91. The van der Waals surface area contributed by atoms with Crippen LogP contribution in [0.25, 0.3) is 0 Å². The van der Waals surface area contributed by atoms with Crippen LogP contribution in [0.3, 0.4) is 0 Å². The normalized spacial score (nSPS) is 10.4. The number of unbranched alkanes of at least 4 members (excludes halogenated alkanes) is 3. The molecule has 38 heavy (non-hydrogen) atoms. The molecule has 0 spiro atoms. The van der Waals surface area contributed by atoms with Crippen molar-refractivity contribution in [3.05, 3.63) is 103 Å². The Balaban J connectivity index is 0.000000437.